The van der Waals surface area contributed by atoms with Crippen molar-refractivity contribution in [3.8, 4) is 0 Å². The molecular formula is C17H32IN5S. The number of piperazine rings is 1. The van der Waals surface area contributed by atoms with Gasteiger partial charge < -0.3 is 15.5 Å². The van der Waals surface area contributed by atoms with Gasteiger partial charge in [0, 0.05) is 50.2 Å². The van der Waals surface area contributed by atoms with Gasteiger partial charge in [0.25, 0.3) is 0 Å². The van der Waals surface area contributed by atoms with Crippen LogP contribution in [0.1, 0.15) is 25.6 Å². The third kappa shape index (κ3) is 7.25. The maximum atomic E-state index is 4.68. The summed E-state index contributed by atoms with van der Waals surface area (Å²) in [4.78, 5) is 11.1. The fourth-order valence-corrected chi connectivity index (χ4v) is 3.42. The van der Waals surface area contributed by atoms with Crippen LogP contribution in [0.5, 0.6) is 0 Å². The van der Waals surface area contributed by atoms with E-state index in [2.05, 4.69) is 63.7 Å². The zero-order valence-corrected chi connectivity index (χ0v) is 18.3. The summed E-state index contributed by atoms with van der Waals surface area (Å²) in [5, 5.41) is 8.93. The van der Waals surface area contributed by atoms with Gasteiger partial charge in [0.05, 0.1) is 6.54 Å². The first kappa shape index (κ1) is 21.7. The first-order chi connectivity index (χ1) is 11.2. The van der Waals surface area contributed by atoms with Gasteiger partial charge in [-0.15, -0.1) is 35.3 Å². The number of nitrogens with zero attached hydrogens (tertiary/aromatic N) is 3. The Morgan fingerprint density at radius 3 is 2.58 bits per heavy atom. The lowest BCUT2D eigenvalue weighted by Crippen LogP contribution is -2.53. The Kier molecular flexibility index (Phi) is 10.9. The van der Waals surface area contributed by atoms with E-state index in [4.69, 9.17) is 0 Å². The highest BCUT2D eigenvalue weighted by Crippen LogP contribution is 2.09. The highest BCUT2D eigenvalue weighted by atomic mass is 127. The number of nitrogens with one attached hydrogen (secondary N) is 2. The quantitative estimate of drug-likeness (QED) is 0.369. The average molecular weight is 465 g/mol. The number of hydrogen-bond donors (Lipinski definition) is 2. The standard InChI is InChI=1S/C17H31N5S.HI/c1-4-18-17(20-14-16-7-6-12-23-16)19-13-15(3)22-10-8-21(5-2)9-11-22;/h6-7,12,15H,4-5,8-11,13-14H2,1-3H3,(H2,18,19,20);1H. The van der Waals surface area contributed by atoms with E-state index in [9.17, 15) is 0 Å². The highest BCUT2D eigenvalue weighted by Gasteiger charge is 2.20. The van der Waals surface area contributed by atoms with Crippen LogP contribution in [-0.2, 0) is 6.54 Å². The molecule has 1 saturated heterocycles. The topological polar surface area (TPSA) is 42.9 Å². The van der Waals surface area contributed by atoms with Gasteiger partial charge in [-0.25, -0.2) is 4.99 Å². The summed E-state index contributed by atoms with van der Waals surface area (Å²) in [6, 6.07) is 4.74. The number of likely N-dealkylation sites (N-methyl/N-ethyl adjacent to an activating group) is 1. The van der Waals surface area contributed by atoms with E-state index in [1.54, 1.807) is 11.3 Å². The molecule has 2 N–H and O–H groups in total. The van der Waals surface area contributed by atoms with Crippen LogP contribution in [0, 0.1) is 0 Å². The minimum atomic E-state index is 0. The minimum absolute atomic E-state index is 0. The molecule has 0 radical (unpaired) electrons. The zero-order valence-electron chi connectivity index (χ0n) is 15.1. The maximum absolute atomic E-state index is 4.68. The van der Waals surface area contributed by atoms with Crippen molar-refractivity contribution >= 4 is 41.3 Å². The fourth-order valence-electron chi connectivity index (χ4n) is 2.80. The lowest BCUT2D eigenvalue weighted by Gasteiger charge is -2.37. The summed E-state index contributed by atoms with van der Waals surface area (Å²) in [7, 11) is 0. The number of halogens is 1. The van der Waals surface area contributed by atoms with Crippen molar-refractivity contribution in [1.82, 2.24) is 20.4 Å². The van der Waals surface area contributed by atoms with E-state index >= 15 is 0 Å². The van der Waals surface area contributed by atoms with Gasteiger partial charge in [0.2, 0.25) is 0 Å². The summed E-state index contributed by atoms with van der Waals surface area (Å²) in [5.74, 6) is 0.917. The van der Waals surface area contributed by atoms with Crippen molar-refractivity contribution in [2.45, 2.75) is 33.4 Å². The first-order valence-corrected chi connectivity index (χ1v) is 9.61. The van der Waals surface area contributed by atoms with Crippen molar-refractivity contribution in [2.24, 2.45) is 4.99 Å². The number of guanidine groups is 1. The van der Waals surface area contributed by atoms with Gasteiger partial charge in [0.15, 0.2) is 5.96 Å². The largest absolute Gasteiger partial charge is 0.357 e. The molecule has 1 aliphatic heterocycles. The summed E-state index contributed by atoms with van der Waals surface area (Å²) < 4.78 is 0. The molecule has 0 bridgehead atoms. The molecule has 2 rings (SSSR count). The molecule has 1 aromatic rings. The second kappa shape index (κ2) is 12.1. The van der Waals surface area contributed by atoms with Crippen molar-refractivity contribution in [2.75, 3.05) is 45.8 Å². The number of aliphatic imine (C=N–C) groups is 1. The SMILES string of the molecule is CCNC(=NCc1cccs1)NCC(C)N1CCN(CC)CC1.I. The molecule has 1 fully saturated rings. The van der Waals surface area contributed by atoms with Gasteiger partial charge in [-0.05, 0) is 31.8 Å². The van der Waals surface area contributed by atoms with Crippen molar-refractivity contribution < 1.29 is 0 Å². The fraction of sp³-hybridized carbons (Fsp3) is 0.706. The Labute approximate surface area is 167 Å². The Hall–Kier alpha value is -0.380. The van der Waals surface area contributed by atoms with Crippen molar-refractivity contribution in [3.63, 3.8) is 0 Å². The Morgan fingerprint density at radius 2 is 2.00 bits per heavy atom. The van der Waals surface area contributed by atoms with E-state index in [1.165, 1.54) is 37.6 Å². The van der Waals surface area contributed by atoms with E-state index in [1.807, 2.05) is 0 Å². The second-order valence-corrected chi connectivity index (χ2v) is 7.01. The molecule has 5 nitrogen and oxygen atoms in total. The summed E-state index contributed by atoms with van der Waals surface area (Å²) in [6.45, 7) is 15.1. The number of rotatable bonds is 7. The molecule has 0 aliphatic carbocycles. The highest BCUT2D eigenvalue weighted by molar-refractivity contribution is 14.0. The van der Waals surface area contributed by atoms with Gasteiger partial charge in [0.1, 0.15) is 0 Å². The summed E-state index contributed by atoms with van der Waals surface area (Å²) >= 11 is 1.76. The van der Waals surface area contributed by atoms with E-state index in [0.717, 1.165) is 25.6 Å². The van der Waals surface area contributed by atoms with E-state index < -0.39 is 0 Å². The lowest BCUT2D eigenvalue weighted by atomic mass is 10.2. The van der Waals surface area contributed by atoms with E-state index in [-0.39, 0.29) is 24.0 Å². The molecule has 0 amide bonds. The smallest absolute Gasteiger partial charge is 0.191 e. The predicted molar refractivity (Wildman–Crippen MR) is 116 cm³/mol. The third-order valence-corrected chi connectivity index (χ3v) is 5.22. The molecule has 0 saturated carbocycles. The third-order valence-electron chi connectivity index (χ3n) is 4.36. The van der Waals surface area contributed by atoms with Crippen LogP contribution in [0.25, 0.3) is 0 Å². The first-order valence-electron chi connectivity index (χ1n) is 8.73. The second-order valence-electron chi connectivity index (χ2n) is 5.97. The molecule has 7 heteroatoms. The van der Waals surface area contributed by atoms with Crippen LogP contribution in [-0.4, -0.2) is 67.6 Å². The molecule has 138 valence electrons. The van der Waals surface area contributed by atoms with Crippen LogP contribution in [0.15, 0.2) is 22.5 Å². The summed E-state index contributed by atoms with van der Waals surface area (Å²) in [6.07, 6.45) is 0. The van der Waals surface area contributed by atoms with Gasteiger partial charge >= 0.3 is 0 Å². The van der Waals surface area contributed by atoms with Crippen LogP contribution in [0.4, 0.5) is 0 Å². The van der Waals surface area contributed by atoms with Crippen LogP contribution in [0.2, 0.25) is 0 Å². The molecule has 0 spiro atoms. The summed E-state index contributed by atoms with van der Waals surface area (Å²) in [5.41, 5.74) is 0. The zero-order chi connectivity index (χ0) is 16.5. The maximum Gasteiger partial charge on any atom is 0.191 e. The predicted octanol–water partition coefficient (Wildman–Crippen LogP) is 2.45. The molecule has 1 unspecified atom stereocenters. The Morgan fingerprint density at radius 1 is 1.25 bits per heavy atom. The molecule has 24 heavy (non-hydrogen) atoms. The molecule has 2 heterocycles. The molecule has 1 aliphatic rings. The van der Waals surface area contributed by atoms with Crippen molar-refractivity contribution in [1.29, 1.82) is 0 Å². The Balaban J connectivity index is 0.00000288. The van der Waals surface area contributed by atoms with Crippen molar-refractivity contribution in [3.05, 3.63) is 22.4 Å². The normalized spacial score (nSPS) is 18.0. The molecule has 1 aromatic heterocycles. The Bertz CT molecular complexity index is 458. The van der Waals surface area contributed by atoms with Crippen LogP contribution < -0.4 is 10.6 Å². The van der Waals surface area contributed by atoms with Gasteiger partial charge in [-0.3, -0.25) is 4.90 Å². The van der Waals surface area contributed by atoms with Gasteiger partial charge in [-0.1, -0.05) is 13.0 Å². The molecular weight excluding hydrogens is 433 g/mol. The number of hydrogen-bond acceptors (Lipinski definition) is 4. The molecule has 1 atom stereocenters. The number of thiophene rings is 1. The van der Waals surface area contributed by atoms with Crippen LogP contribution in [0.3, 0.4) is 0 Å². The minimum Gasteiger partial charge on any atom is -0.357 e. The average Bonchev–Trinajstić information content (AvgIpc) is 3.10. The monoisotopic (exact) mass is 465 g/mol. The molecule has 0 aromatic carbocycles. The van der Waals surface area contributed by atoms with E-state index in [0.29, 0.717) is 6.04 Å². The lowest BCUT2D eigenvalue weighted by molar-refractivity contribution is 0.107. The van der Waals surface area contributed by atoms with Gasteiger partial charge in [-0.2, -0.15) is 0 Å². The van der Waals surface area contributed by atoms with Crippen LogP contribution >= 0.6 is 35.3 Å².